The van der Waals surface area contributed by atoms with Crippen LogP contribution in [0.1, 0.15) is 35.8 Å². The summed E-state index contributed by atoms with van der Waals surface area (Å²) >= 11 is 0. The monoisotopic (exact) mass is 435 g/mol. The van der Waals surface area contributed by atoms with E-state index in [0.29, 0.717) is 23.9 Å². The van der Waals surface area contributed by atoms with E-state index < -0.39 is 0 Å². The Bertz CT molecular complexity index is 1180. The van der Waals surface area contributed by atoms with Crippen LogP contribution in [0.3, 0.4) is 0 Å². The quantitative estimate of drug-likeness (QED) is 0.571. The number of aromatic hydroxyl groups is 1. The Labute approximate surface area is 185 Å². The highest BCUT2D eigenvalue weighted by Gasteiger charge is 2.31. The van der Waals surface area contributed by atoms with Crippen LogP contribution in [0, 0.1) is 5.82 Å². The van der Waals surface area contributed by atoms with Gasteiger partial charge in [-0.05, 0) is 49.4 Å². The van der Waals surface area contributed by atoms with Crippen LogP contribution in [0.4, 0.5) is 4.39 Å². The maximum Gasteiger partial charge on any atom is 0.231 e. The van der Waals surface area contributed by atoms with Crippen molar-refractivity contribution in [2.24, 2.45) is 0 Å². The number of nitrogens with two attached hydrogens (primary N) is 1. The van der Waals surface area contributed by atoms with Crippen molar-refractivity contribution in [3.05, 3.63) is 89.2 Å². The van der Waals surface area contributed by atoms with Crippen molar-refractivity contribution in [3.8, 4) is 23.0 Å². The molecule has 0 spiro atoms. The van der Waals surface area contributed by atoms with Crippen LogP contribution in [0.15, 0.2) is 66.7 Å². The number of quaternary nitrogens is 1. The average Bonchev–Trinajstić information content (AvgIpc) is 3.28. The predicted molar refractivity (Wildman–Crippen MR) is 117 cm³/mol. The molecule has 7 heteroatoms. The molecular formula is C25H24FN2O4+. The average molecular weight is 435 g/mol. The van der Waals surface area contributed by atoms with Crippen LogP contribution < -0.4 is 24.8 Å². The van der Waals surface area contributed by atoms with Crippen molar-refractivity contribution in [2.45, 2.75) is 19.1 Å². The zero-order valence-electron chi connectivity index (χ0n) is 17.5. The second-order valence-corrected chi connectivity index (χ2v) is 7.67. The number of benzene rings is 3. The number of fused-ring (bicyclic) bond motifs is 1. The number of halogens is 1. The summed E-state index contributed by atoms with van der Waals surface area (Å²) in [6.07, 6.45) is 1.77. The van der Waals surface area contributed by atoms with Crippen molar-refractivity contribution in [2.75, 3.05) is 13.4 Å². The van der Waals surface area contributed by atoms with Gasteiger partial charge in [-0.15, -0.1) is 0 Å². The molecule has 0 saturated heterocycles. The third kappa shape index (κ3) is 3.83. The number of phenols is 1. The van der Waals surface area contributed by atoms with Gasteiger partial charge in [-0.2, -0.15) is 0 Å². The van der Waals surface area contributed by atoms with Gasteiger partial charge in [0.25, 0.3) is 0 Å². The second kappa shape index (κ2) is 8.43. The van der Waals surface area contributed by atoms with Crippen LogP contribution >= 0.6 is 0 Å². The highest BCUT2D eigenvalue weighted by molar-refractivity contribution is 5.69. The van der Waals surface area contributed by atoms with Gasteiger partial charge >= 0.3 is 0 Å². The Morgan fingerprint density at radius 2 is 1.94 bits per heavy atom. The molecule has 32 heavy (non-hydrogen) atoms. The molecule has 3 aromatic rings. The minimum atomic E-state index is -0.297. The summed E-state index contributed by atoms with van der Waals surface area (Å²) in [5.74, 6) is 1.64. The second-order valence-electron chi connectivity index (χ2n) is 7.67. The first-order valence-corrected chi connectivity index (χ1v) is 10.6. The molecule has 4 N–H and O–H groups in total. The van der Waals surface area contributed by atoms with Crippen LogP contribution in [0.5, 0.6) is 23.0 Å². The molecule has 6 nitrogen and oxygen atoms in total. The summed E-state index contributed by atoms with van der Waals surface area (Å²) in [4.78, 5) is 0. The smallest absolute Gasteiger partial charge is 0.231 e. The highest BCUT2D eigenvalue weighted by atomic mass is 19.1. The Morgan fingerprint density at radius 3 is 2.78 bits per heavy atom. The van der Waals surface area contributed by atoms with E-state index in [4.69, 9.17) is 14.2 Å². The zero-order valence-corrected chi connectivity index (χ0v) is 17.5. The lowest BCUT2D eigenvalue weighted by Gasteiger charge is -2.30. The summed E-state index contributed by atoms with van der Waals surface area (Å²) in [6, 6.07) is 17.5. The van der Waals surface area contributed by atoms with Crippen molar-refractivity contribution in [3.63, 3.8) is 0 Å². The first-order chi connectivity index (χ1) is 15.6. The van der Waals surface area contributed by atoms with Gasteiger partial charge in [-0.3, -0.25) is 0 Å². The molecule has 2 heterocycles. The van der Waals surface area contributed by atoms with Crippen LogP contribution in [0.25, 0.3) is 5.70 Å². The highest BCUT2D eigenvalue weighted by Crippen LogP contribution is 2.38. The number of hydrogen-bond acceptors (Lipinski definition) is 5. The van der Waals surface area contributed by atoms with Crippen LogP contribution in [-0.4, -0.2) is 18.5 Å². The lowest BCUT2D eigenvalue weighted by molar-refractivity contribution is -0.731. The maximum atomic E-state index is 14.0. The molecule has 164 valence electrons. The minimum absolute atomic E-state index is 0.108. The van der Waals surface area contributed by atoms with Gasteiger partial charge in [0.2, 0.25) is 6.79 Å². The fourth-order valence-corrected chi connectivity index (χ4v) is 4.12. The Morgan fingerprint density at radius 1 is 1.09 bits per heavy atom. The molecule has 5 rings (SSSR count). The van der Waals surface area contributed by atoms with Crippen LogP contribution in [0.2, 0.25) is 0 Å². The predicted octanol–water partition coefficient (Wildman–Crippen LogP) is 3.61. The molecule has 0 aromatic heterocycles. The van der Waals surface area contributed by atoms with Gasteiger partial charge in [-0.25, -0.2) is 4.39 Å². The molecule has 0 aliphatic carbocycles. The molecule has 0 radical (unpaired) electrons. The van der Waals surface area contributed by atoms with E-state index in [1.54, 1.807) is 12.1 Å². The molecular weight excluding hydrogens is 411 g/mol. The number of rotatable bonds is 5. The van der Waals surface area contributed by atoms with Gasteiger partial charge < -0.3 is 30.0 Å². The fourth-order valence-electron chi connectivity index (χ4n) is 4.12. The molecule has 0 amide bonds. The number of ether oxygens (including phenoxy) is 3. The summed E-state index contributed by atoms with van der Waals surface area (Å²) in [5, 5.41) is 16.4. The van der Waals surface area contributed by atoms with Gasteiger partial charge in [-0.1, -0.05) is 18.2 Å². The molecule has 0 fully saturated rings. The Balaban J connectivity index is 1.57. The first-order valence-electron chi connectivity index (χ1n) is 10.6. The molecule has 0 saturated carbocycles. The van der Waals surface area contributed by atoms with E-state index in [1.165, 1.54) is 12.1 Å². The van der Waals surface area contributed by atoms with Crippen molar-refractivity contribution in [1.29, 1.82) is 0 Å². The lowest BCUT2D eigenvalue weighted by Crippen LogP contribution is -2.89. The Hall–Kier alpha value is -3.71. The third-order valence-electron chi connectivity index (χ3n) is 5.64. The largest absolute Gasteiger partial charge is 0.504 e. The molecule has 2 unspecified atom stereocenters. The summed E-state index contributed by atoms with van der Waals surface area (Å²) in [5.41, 5.74) is 3.28. The molecule has 2 aliphatic rings. The molecule has 2 aliphatic heterocycles. The first kappa shape index (κ1) is 20.2. The number of phenolic OH excluding ortho intramolecular Hbond substituents is 1. The number of hydrogen-bond donors (Lipinski definition) is 3. The van der Waals surface area contributed by atoms with Crippen molar-refractivity contribution < 1.29 is 29.0 Å². The van der Waals surface area contributed by atoms with Gasteiger partial charge in [0.1, 0.15) is 11.9 Å². The van der Waals surface area contributed by atoms with E-state index in [1.807, 2.05) is 49.4 Å². The van der Waals surface area contributed by atoms with E-state index in [9.17, 15) is 9.50 Å². The van der Waals surface area contributed by atoms with Gasteiger partial charge in [0.15, 0.2) is 29.2 Å². The Kier molecular flexibility index (Phi) is 5.33. The topological polar surface area (TPSA) is 76.6 Å². The number of para-hydroxylation sites is 1. The van der Waals surface area contributed by atoms with Crippen LogP contribution in [-0.2, 0) is 0 Å². The van der Waals surface area contributed by atoms with Gasteiger partial charge in [0, 0.05) is 22.9 Å². The minimum Gasteiger partial charge on any atom is -0.504 e. The SMILES string of the molecule is CCOc1cccc(C2C=C(c3ccc4c(c3)OCO4)NC(c3cccc(F)c3)[NH2+]2)c1O. The third-order valence-corrected chi connectivity index (χ3v) is 5.64. The summed E-state index contributed by atoms with van der Waals surface area (Å²) in [7, 11) is 0. The van der Waals surface area contributed by atoms with Gasteiger partial charge in [0.05, 0.1) is 12.2 Å². The fraction of sp³-hybridized carbons (Fsp3) is 0.200. The summed E-state index contributed by atoms with van der Waals surface area (Å²) < 4.78 is 30.5. The zero-order chi connectivity index (χ0) is 22.1. The van der Waals surface area contributed by atoms with E-state index in [0.717, 1.165) is 22.4 Å². The van der Waals surface area contributed by atoms with Crippen molar-refractivity contribution >= 4 is 5.70 Å². The molecule has 0 bridgehead atoms. The standard InChI is InChI=1S/C25H23FN2O4/c1-2-30-22-8-4-7-18(24(22)29)20-13-19(15-9-10-21-23(12-15)32-14-31-21)27-25(28-20)16-5-3-6-17(26)11-16/h3-13,20,25,27-29H,2,14H2,1H3/p+1. The maximum absolute atomic E-state index is 14.0. The van der Waals surface area contributed by atoms with E-state index in [2.05, 4.69) is 10.6 Å². The van der Waals surface area contributed by atoms with E-state index in [-0.39, 0.29) is 30.6 Å². The lowest BCUT2D eigenvalue weighted by atomic mass is 9.97. The normalized spacial score (nSPS) is 19.2. The summed E-state index contributed by atoms with van der Waals surface area (Å²) in [6.45, 7) is 2.53. The molecule has 2 atom stereocenters. The molecule has 3 aromatic carbocycles. The van der Waals surface area contributed by atoms with E-state index >= 15 is 0 Å². The van der Waals surface area contributed by atoms with Crippen molar-refractivity contribution in [1.82, 2.24) is 5.32 Å². The number of nitrogens with one attached hydrogen (secondary N) is 1.